The van der Waals surface area contributed by atoms with Crippen molar-refractivity contribution in [2.75, 3.05) is 32.7 Å². The number of fused-ring (bicyclic) bond motifs is 1. The molecular weight excluding hydrogens is 362 g/mol. The van der Waals surface area contributed by atoms with E-state index in [2.05, 4.69) is 5.32 Å². The van der Waals surface area contributed by atoms with Crippen LogP contribution in [0.2, 0.25) is 0 Å². The van der Waals surface area contributed by atoms with E-state index in [4.69, 9.17) is 0 Å². The van der Waals surface area contributed by atoms with Gasteiger partial charge >= 0.3 is 0 Å². The van der Waals surface area contributed by atoms with Crippen molar-refractivity contribution in [1.82, 2.24) is 14.5 Å². The molecule has 0 radical (unpaired) electrons. The molecule has 1 heterocycles. The number of carbonyl (C=O) groups is 1. The Hall–Kier alpha value is -1.44. The van der Waals surface area contributed by atoms with Crippen molar-refractivity contribution in [3.05, 3.63) is 29.3 Å². The molecular formula is C20H31N3O3S. The Morgan fingerprint density at radius 3 is 2.30 bits per heavy atom. The number of carbonyl (C=O) groups excluding carboxylic acids is 1. The van der Waals surface area contributed by atoms with Crippen molar-refractivity contribution in [2.24, 2.45) is 0 Å². The van der Waals surface area contributed by atoms with Crippen LogP contribution in [-0.4, -0.2) is 61.8 Å². The molecule has 1 amide bonds. The molecule has 1 fully saturated rings. The molecule has 6 nitrogen and oxygen atoms in total. The minimum Gasteiger partial charge on any atom is -0.350 e. The number of benzene rings is 1. The lowest BCUT2D eigenvalue weighted by Gasteiger charge is -2.34. The van der Waals surface area contributed by atoms with Gasteiger partial charge < -0.3 is 5.32 Å². The minimum atomic E-state index is -3.47. The topological polar surface area (TPSA) is 69.7 Å². The second kappa shape index (κ2) is 7.89. The summed E-state index contributed by atoms with van der Waals surface area (Å²) in [5, 5.41) is 2.95. The Balaban J connectivity index is 1.61. The number of hydrogen-bond donors (Lipinski definition) is 1. The third kappa shape index (κ3) is 5.09. The average Bonchev–Trinajstić information content (AvgIpc) is 2.60. The monoisotopic (exact) mass is 393 g/mol. The second-order valence-electron chi connectivity index (χ2n) is 8.62. The first-order chi connectivity index (χ1) is 12.6. The van der Waals surface area contributed by atoms with E-state index in [0.29, 0.717) is 37.6 Å². The Morgan fingerprint density at radius 2 is 1.67 bits per heavy atom. The van der Waals surface area contributed by atoms with E-state index in [-0.39, 0.29) is 11.4 Å². The summed E-state index contributed by atoms with van der Waals surface area (Å²) in [6.45, 7) is 8.15. The van der Waals surface area contributed by atoms with Crippen molar-refractivity contribution < 1.29 is 13.2 Å². The maximum absolute atomic E-state index is 13.0. The van der Waals surface area contributed by atoms with Crippen LogP contribution >= 0.6 is 0 Å². The summed E-state index contributed by atoms with van der Waals surface area (Å²) in [6.07, 6.45) is 4.33. The van der Waals surface area contributed by atoms with Crippen LogP contribution in [0.4, 0.5) is 0 Å². The average molecular weight is 394 g/mol. The molecule has 3 rings (SSSR count). The molecule has 0 unspecified atom stereocenters. The highest BCUT2D eigenvalue weighted by Crippen LogP contribution is 2.26. The highest BCUT2D eigenvalue weighted by Gasteiger charge is 2.30. The minimum absolute atomic E-state index is 0.0199. The summed E-state index contributed by atoms with van der Waals surface area (Å²) in [7, 11) is -3.47. The SMILES string of the molecule is CC(C)(C)NC(=O)CN1CCN(S(=O)(=O)c2ccc3c(c2)CCCC3)CC1. The Labute approximate surface area is 163 Å². The van der Waals surface area contributed by atoms with Gasteiger partial charge in [0, 0.05) is 31.7 Å². The van der Waals surface area contributed by atoms with E-state index in [9.17, 15) is 13.2 Å². The number of nitrogens with zero attached hydrogens (tertiary/aromatic N) is 2. The zero-order chi connectivity index (χ0) is 19.7. The Kier molecular flexibility index (Phi) is 5.93. The predicted molar refractivity (Wildman–Crippen MR) is 106 cm³/mol. The van der Waals surface area contributed by atoms with Gasteiger partial charge in [0.15, 0.2) is 0 Å². The number of nitrogens with one attached hydrogen (secondary N) is 1. The molecule has 2 aliphatic rings. The largest absolute Gasteiger partial charge is 0.350 e. The van der Waals surface area contributed by atoms with Gasteiger partial charge in [-0.1, -0.05) is 6.07 Å². The molecule has 150 valence electrons. The molecule has 1 aliphatic heterocycles. The zero-order valence-electron chi connectivity index (χ0n) is 16.6. The standard InChI is InChI=1S/C20H31N3O3S/c1-20(2,3)21-19(24)15-22-10-12-23(13-11-22)27(25,26)18-9-8-16-6-4-5-7-17(16)14-18/h8-9,14H,4-7,10-13,15H2,1-3H3,(H,21,24). The highest BCUT2D eigenvalue weighted by atomic mass is 32.2. The molecule has 0 saturated carbocycles. The second-order valence-corrected chi connectivity index (χ2v) is 10.6. The van der Waals surface area contributed by atoms with E-state index < -0.39 is 10.0 Å². The number of amides is 1. The van der Waals surface area contributed by atoms with Crippen molar-refractivity contribution >= 4 is 15.9 Å². The van der Waals surface area contributed by atoms with Gasteiger partial charge in [-0.2, -0.15) is 4.31 Å². The lowest BCUT2D eigenvalue weighted by atomic mass is 9.92. The number of rotatable bonds is 4. The summed E-state index contributed by atoms with van der Waals surface area (Å²) in [5.74, 6) is -0.0199. The van der Waals surface area contributed by atoms with Gasteiger partial charge in [0.2, 0.25) is 15.9 Å². The number of hydrogen-bond acceptors (Lipinski definition) is 4. The molecule has 1 aromatic rings. The molecule has 1 aromatic carbocycles. The maximum atomic E-state index is 13.0. The molecule has 0 atom stereocenters. The first kappa shape index (κ1) is 20.3. The quantitative estimate of drug-likeness (QED) is 0.847. The summed E-state index contributed by atoms with van der Waals surface area (Å²) >= 11 is 0. The summed E-state index contributed by atoms with van der Waals surface area (Å²) in [4.78, 5) is 14.5. The third-order valence-corrected chi connectivity index (χ3v) is 7.07. The fourth-order valence-electron chi connectivity index (χ4n) is 3.81. The lowest BCUT2D eigenvalue weighted by Crippen LogP contribution is -2.52. The zero-order valence-corrected chi connectivity index (χ0v) is 17.4. The summed E-state index contributed by atoms with van der Waals surface area (Å²) in [6, 6.07) is 5.60. The van der Waals surface area contributed by atoms with Gasteiger partial charge in [0.1, 0.15) is 0 Å². The Bertz CT molecular complexity index is 791. The van der Waals surface area contributed by atoms with Gasteiger partial charge in [-0.25, -0.2) is 8.42 Å². The molecule has 0 bridgehead atoms. The van der Waals surface area contributed by atoms with Crippen LogP contribution in [0, 0.1) is 0 Å². The van der Waals surface area contributed by atoms with Gasteiger partial charge in [0.25, 0.3) is 0 Å². The predicted octanol–water partition coefficient (Wildman–Crippen LogP) is 1.79. The number of aryl methyl sites for hydroxylation is 2. The van der Waals surface area contributed by atoms with Crippen molar-refractivity contribution in [3.63, 3.8) is 0 Å². The molecule has 7 heteroatoms. The van der Waals surface area contributed by atoms with Crippen LogP contribution in [0.5, 0.6) is 0 Å². The van der Waals surface area contributed by atoms with Crippen LogP contribution < -0.4 is 5.32 Å². The number of sulfonamides is 1. The molecule has 27 heavy (non-hydrogen) atoms. The molecule has 0 aromatic heterocycles. The van der Waals surface area contributed by atoms with Crippen molar-refractivity contribution in [3.8, 4) is 0 Å². The summed E-state index contributed by atoms with van der Waals surface area (Å²) in [5.41, 5.74) is 2.21. The van der Waals surface area contributed by atoms with Gasteiger partial charge in [0.05, 0.1) is 11.4 Å². The normalized spacial score (nSPS) is 19.5. The lowest BCUT2D eigenvalue weighted by molar-refractivity contribution is -0.123. The van der Waals surface area contributed by atoms with E-state index in [0.717, 1.165) is 19.3 Å². The third-order valence-electron chi connectivity index (χ3n) is 5.17. The fraction of sp³-hybridized carbons (Fsp3) is 0.650. The van der Waals surface area contributed by atoms with Crippen LogP contribution in [0.15, 0.2) is 23.1 Å². The van der Waals surface area contributed by atoms with Gasteiger partial charge in [-0.05, 0) is 69.7 Å². The van der Waals surface area contributed by atoms with E-state index in [1.807, 2.05) is 37.8 Å². The van der Waals surface area contributed by atoms with Crippen molar-refractivity contribution in [2.45, 2.75) is 56.9 Å². The Morgan fingerprint density at radius 1 is 1.04 bits per heavy atom. The molecule has 1 N–H and O–H groups in total. The van der Waals surface area contributed by atoms with E-state index in [1.54, 1.807) is 10.4 Å². The molecule has 1 aliphatic carbocycles. The smallest absolute Gasteiger partial charge is 0.243 e. The number of piperazine rings is 1. The first-order valence-corrected chi connectivity index (χ1v) is 11.2. The maximum Gasteiger partial charge on any atom is 0.243 e. The van der Waals surface area contributed by atoms with Crippen LogP contribution in [-0.2, 0) is 27.7 Å². The van der Waals surface area contributed by atoms with E-state index in [1.165, 1.54) is 17.5 Å². The summed E-state index contributed by atoms with van der Waals surface area (Å²) < 4.78 is 27.6. The fourth-order valence-corrected chi connectivity index (χ4v) is 5.28. The van der Waals surface area contributed by atoms with Gasteiger partial charge in [-0.3, -0.25) is 9.69 Å². The van der Waals surface area contributed by atoms with Crippen LogP contribution in [0.1, 0.15) is 44.7 Å². The van der Waals surface area contributed by atoms with E-state index >= 15 is 0 Å². The molecule has 0 spiro atoms. The van der Waals surface area contributed by atoms with Crippen molar-refractivity contribution in [1.29, 1.82) is 0 Å². The highest BCUT2D eigenvalue weighted by molar-refractivity contribution is 7.89. The van der Waals surface area contributed by atoms with Crippen LogP contribution in [0.25, 0.3) is 0 Å². The van der Waals surface area contributed by atoms with Crippen LogP contribution in [0.3, 0.4) is 0 Å². The first-order valence-electron chi connectivity index (χ1n) is 9.80. The molecule has 1 saturated heterocycles. The van der Waals surface area contributed by atoms with Gasteiger partial charge in [-0.15, -0.1) is 0 Å².